The minimum absolute atomic E-state index is 0.431. The van der Waals surface area contributed by atoms with Crippen molar-refractivity contribution in [1.82, 2.24) is 10.3 Å². The van der Waals surface area contributed by atoms with Crippen molar-refractivity contribution in [1.29, 1.82) is 0 Å². The quantitative estimate of drug-likeness (QED) is 0.729. The van der Waals surface area contributed by atoms with Gasteiger partial charge in [0.2, 0.25) is 0 Å². The van der Waals surface area contributed by atoms with E-state index in [1.54, 1.807) is 25.6 Å². The smallest absolute Gasteiger partial charge is 0.187 e. The van der Waals surface area contributed by atoms with Gasteiger partial charge in [-0.05, 0) is 32.0 Å². The zero-order chi connectivity index (χ0) is 16.7. The standard InChI is InChI=1S/C17H25N3O2S/c1-5-8-18-12(2)9-13-11-23-17(19-13)20-15-7-6-14(21-3)10-16(15)22-4/h6-7,10-12,18H,5,8-9H2,1-4H3,(H,19,20). The van der Waals surface area contributed by atoms with Crippen LogP contribution >= 0.6 is 11.3 Å². The SMILES string of the molecule is CCCNC(C)Cc1csc(Nc2ccc(OC)cc2OC)n1. The molecule has 2 N–H and O–H groups in total. The number of methoxy groups -OCH3 is 2. The van der Waals surface area contributed by atoms with Crippen LogP contribution in [0.15, 0.2) is 23.6 Å². The minimum Gasteiger partial charge on any atom is -0.497 e. The second kappa shape index (κ2) is 8.74. The van der Waals surface area contributed by atoms with Crippen molar-refractivity contribution >= 4 is 22.2 Å². The van der Waals surface area contributed by atoms with Crippen LogP contribution in [0.25, 0.3) is 0 Å². The van der Waals surface area contributed by atoms with E-state index in [4.69, 9.17) is 9.47 Å². The van der Waals surface area contributed by atoms with Crippen molar-refractivity contribution in [2.75, 3.05) is 26.1 Å². The summed E-state index contributed by atoms with van der Waals surface area (Å²) in [4.78, 5) is 4.65. The van der Waals surface area contributed by atoms with Crippen molar-refractivity contribution in [3.05, 3.63) is 29.3 Å². The van der Waals surface area contributed by atoms with Crippen LogP contribution in [-0.4, -0.2) is 31.8 Å². The fraction of sp³-hybridized carbons (Fsp3) is 0.471. The number of anilines is 2. The molecule has 2 rings (SSSR count). The minimum atomic E-state index is 0.431. The summed E-state index contributed by atoms with van der Waals surface area (Å²) in [6.07, 6.45) is 2.07. The third-order valence-corrected chi connectivity index (χ3v) is 4.27. The zero-order valence-corrected chi connectivity index (χ0v) is 15.0. The van der Waals surface area contributed by atoms with Gasteiger partial charge in [0.15, 0.2) is 5.13 Å². The lowest BCUT2D eigenvalue weighted by molar-refractivity contribution is 0.395. The summed E-state index contributed by atoms with van der Waals surface area (Å²) in [5.74, 6) is 1.50. The molecule has 0 spiro atoms. The molecule has 126 valence electrons. The largest absolute Gasteiger partial charge is 0.497 e. The van der Waals surface area contributed by atoms with Gasteiger partial charge in [0.1, 0.15) is 11.5 Å². The molecule has 2 aromatic rings. The summed E-state index contributed by atoms with van der Waals surface area (Å²) in [6.45, 7) is 5.40. The number of nitrogens with one attached hydrogen (secondary N) is 2. The maximum absolute atomic E-state index is 5.40. The monoisotopic (exact) mass is 335 g/mol. The highest BCUT2D eigenvalue weighted by Gasteiger charge is 2.10. The maximum atomic E-state index is 5.40. The van der Waals surface area contributed by atoms with Gasteiger partial charge in [-0.2, -0.15) is 0 Å². The van der Waals surface area contributed by atoms with Crippen molar-refractivity contribution in [3.8, 4) is 11.5 Å². The fourth-order valence-electron chi connectivity index (χ4n) is 2.25. The molecule has 1 atom stereocenters. The highest BCUT2D eigenvalue weighted by molar-refractivity contribution is 7.13. The molecule has 6 heteroatoms. The Morgan fingerprint density at radius 2 is 2.09 bits per heavy atom. The maximum Gasteiger partial charge on any atom is 0.187 e. The lowest BCUT2D eigenvalue weighted by Gasteiger charge is -2.11. The predicted octanol–water partition coefficient (Wildman–Crippen LogP) is 3.83. The van der Waals surface area contributed by atoms with Gasteiger partial charge in [-0.15, -0.1) is 11.3 Å². The van der Waals surface area contributed by atoms with Crippen molar-refractivity contribution < 1.29 is 9.47 Å². The molecule has 1 aromatic carbocycles. The second-order valence-electron chi connectivity index (χ2n) is 5.39. The van der Waals surface area contributed by atoms with Gasteiger partial charge in [0.05, 0.1) is 25.6 Å². The predicted molar refractivity (Wildman–Crippen MR) is 96.4 cm³/mol. The van der Waals surface area contributed by atoms with Crippen LogP contribution in [0, 0.1) is 0 Å². The van der Waals surface area contributed by atoms with Crippen LogP contribution in [0.4, 0.5) is 10.8 Å². The van der Waals surface area contributed by atoms with Gasteiger partial charge >= 0.3 is 0 Å². The first-order valence-corrected chi connectivity index (χ1v) is 8.71. The van der Waals surface area contributed by atoms with Gasteiger partial charge in [-0.3, -0.25) is 0 Å². The third kappa shape index (κ3) is 5.11. The molecule has 1 aromatic heterocycles. The Balaban J connectivity index is 2.01. The summed E-state index contributed by atoms with van der Waals surface area (Å²) in [7, 11) is 3.29. The zero-order valence-electron chi connectivity index (χ0n) is 14.2. The van der Waals surface area contributed by atoms with Gasteiger partial charge in [-0.25, -0.2) is 4.98 Å². The van der Waals surface area contributed by atoms with E-state index in [0.717, 1.165) is 47.4 Å². The second-order valence-corrected chi connectivity index (χ2v) is 6.25. The molecule has 5 nitrogen and oxygen atoms in total. The van der Waals surface area contributed by atoms with Gasteiger partial charge in [0.25, 0.3) is 0 Å². The Labute approximate surface area is 142 Å². The number of hydrogen-bond donors (Lipinski definition) is 2. The van der Waals surface area contributed by atoms with E-state index in [2.05, 4.69) is 34.8 Å². The normalized spacial score (nSPS) is 12.0. The number of rotatable bonds is 9. The molecule has 0 bridgehead atoms. The highest BCUT2D eigenvalue weighted by atomic mass is 32.1. The first kappa shape index (κ1) is 17.6. The van der Waals surface area contributed by atoms with Crippen molar-refractivity contribution in [2.45, 2.75) is 32.7 Å². The van der Waals surface area contributed by atoms with E-state index in [9.17, 15) is 0 Å². The topological polar surface area (TPSA) is 55.4 Å². The first-order valence-electron chi connectivity index (χ1n) is 7.83. The number of thiazole rings is 1. The van der Waals surface area contributed by atoms with Gasteiger partial charge in [0, 0.05) is 23.9 Å². The van der Waals surface area contributed by atoms with E-state index < -0.39 is 0 Å². The van der Waals surface area contributed by atoms with Crippen LogP contribution < -0.4 is 20.1 Å². The first-order chi connectivity index (χ1) is 11.2. The highest BCUT2D eigenvalue weighted by Crippen LogP contribution is 2.32. The van der Waals surface area contributed by atoms with Crippen LogP contribution in [-0.2, 0) is 6.42 Å². The lowest BCUT2D eigenvalue weighted by atomic mass is 10.2. The Bertz CT molecular complexity index is 616. The molecule has 1 unspecified atom stereocenters. The molecule has 0 saturated heterocycles. The molecule has 0 aliphatic rings. The molecule has 23 heavy (non-hydrogen) atoms. The molecular formula is C17H25N3O2S. The summed E-state index contributed by atoms with van der Waals surface area (Å²) in [5, 5.41) is 9.77. The summed E-state index contributed by atoms with van der Waals surface area (Å²) >= 11 is 1.60. The summed E-state index contributed by atoms with van der Waals surface area (Å²) < 4.78 is 10.6. The van der Waals surface area contributed by atoms with Crippen LogP contribution in [0.5, 0.6) is 11.5 Å². The number of nitrogens with zero attached hydrogens (tertiary/aromatic N) is 1. The van der Waals surface area contributed by atoms with Crippen molar-refractivity contribution in [3.63, 3.8) is 0 Å². The summed E-state index contributed by atoms with van der Waals surface area (Å²) in [6, 6.07) is 6.12. The van der Waals surface area contributed by atoms with Crippen LogP contribution in [0.3, 0.4) is 0 Å². The van der Waals surface area contributed by atoms with Gasteiger partial charge in [-0.1, -0.05) is 6.92 Å². The van der Waals surface area contributed by atoms with E-state index in [1.807, 2.05) is 18.2 Å². The van der Waals surface area contributed by atoms with Crippen molar-refractivity contribution in [2.24, 2.45) is 0 Å². The van der Waals surface area contributed by atoms with E-state index in [-0.39, 0.29) is 0 Å². The lowest BCUT2D eigenvalue weighted by Crippen LogP contribution is -2.28. The Morgan fingerprint density at radius 3 is 2.78 bits per heavy atom. The average Bonchev–Trinajstić information content (AvgIpc) is 3.00. The molecule has 0 fully saturated rings. The van der Waals surface area contributed by atoms with Crippen LogP contribution in [0.1, 0.15) is 26.0 Å². The summed E-state index contributed by atoms with van der Waals surface area (Å²) in [5.41, 5.74) is 1.98. The number of benzene rings is 1. The van der Waals surface area contributed by atoms with E-state index in [0.29, 0.717) is 6.04 Å². The fourth-order valence-corrected chi connectivity index (χ4v) is 2.99. The average molecular weight is 335 g/mol. The Hall–Kier alpha value is -1.79. The van der Waals surface area contributed by atoms with Crippen LogP contribution in [0.2, 0.25) is 0 Å². The molecule has 0 radical (unpaired) electrons. The number of hydrogen-bond acceptors (Lipinski definition) is 6. The van der Waals surface area contributed by atoms with Gasteiger partial charge < -0.3 is 20.1 Å². The molecule has 0 amide bonds. The van der Waals surface area contributed by atoms with E-state index in [1.165, 1.54) is 0 Å². The number of aromatic nitrogens is 1. The van der Waals surface area contributed by atoms with E-state index >= 15 is 0 Å². The Morgan fingerprint density at radius 1 is 1.26 bits per heavy atom. The third-order valence-electron chi connectivity index (χ3n) is 3.46. The molecule has 0 saturated carbocycles. The molecule has 0 aliphatic heterocycles. The Kier molecular flexibility index (Phi) is 6.67. The number of ether oxygens (including phenoxy) is 2. The molecule has 0 aliphatic carbocycles. The molecule has 1 heterocycles. The molecular weight excluding hydrogens is 310 g/mol.